The Morgan fingerprint density at radius 3 is 2.14 bits per heavy atom. The van der Waals surface area contributed by atoms with Gasteiger partial charge < -0.3 is 16.6 Å². The fourth-order valence-electron chi connectivity index (χ4n) is 0.787. The second-order valence-electron chi connectivity index (χ2n) is 3.43. The van der Waals surface area contributed by atoms with Gasteiger partial charge in [0.05, 0.1) is 0 Å². The van der Waals surface area contributed by atoms with E-state index in [-0.39, 0.29) is 24.3 Å². The van der Waals surface area contributed by atoms with Gasteiger partial charge in [0.1, 0.15) is 6.61 Å². The fraction of sp³-hybridized carbons (Fsp3) is 0.700. The molecule has 0 rings (SSSR count). The second-order valence-corrected chi connectivity index (χ2v) is 3.43. The molecule has 0 unspecified atom stereocenters. The van der Waals surface area contributed by atoms with Gasteiger partial charge in [-0.3, -0.25) is 0 Å². The van der Waals surface area contributed by atoms with Gasteiger partial charge in [-0.05, 0) is 19.8 Å². The molecule has 0 heterocycles. The minimum Gasteiger partial charge on any atom is -0.460 e. The number of nitrogens with two attached hydrogens (primary N) is 1. The second kappa shape index (κ2) is 6.56. The summed E-state index contributed by atoms with van der Waals surface area (Å²) in [6, 6.07) is 0. The lowest BCUT2D eigenvalue weighted by Crippen LogP contribution is -2.43. The van der Waals surface area contributed by atoms with E-state index in [9.17, 15) is 4.79 Å². The molecular weight excluding hydrogens is 180 g/mol. The van der Waals surface area contributed by atoms with Crippen LogP contribution in [0.25, 0.3) is 0 Å². The Morgan fingerprint density at radius 2 is 1.86 bits per heavy atom. The predicted octanol–water partition coefficient (Wildman–Crippen LogP) is 1.79. The van der Waals surface area contributed by atoms with Crippen molar-refractivity contribution in [2.75, 3.05) is 6.61 Å². The first-order valence-corrected chi connectivity index (χ1v) is 4.56. The monoisotopic (exact) mass is 202 g/mol. The number of carbonyl (C=O) groups is 1. The van der Waals surface area contributed by atoms with Crippen molar-refractivity contribution >= 4 is 5.97 Å². The summed E-state index contributed by atoms with van der Waals surface area (Å²) in [5.74, 6) is -0.364. The molecule has 0 saturated carbocycles. The maximum atomic E-state index is 11.0. The minimum atomic E-state index is -0.384. The average molecular weight is 202 g/mol. The van der Waals surface area contributed by atoms with E-state index in [4.69, 9.17) is 10.5 Å². The smallest absolute Gasteiger partial charge is 0.333 e. The topological polar surface area (TPSA) is 87.3 Å². The molecule has 0 amide bonds. The molecule has 0 aromatic heterocycles. The standard InChI is InChI=1S/C10H19NO2.H3N/c1-5-10(11,6-2)7-13-9(12)8(3)4;/h3,5-7,11H2,1-2,4H3;1H3. The maximum Gasteiger partial charge on any atom is 0.333 e. The van der Waals surface area contributed by atoms with Crippen molar-refractivity contribution in [1.82, 2.24) is 6.15 Å². The zero-order chi connectivity index (χ0) is 10.5. The van der Waals surface area contributed by atoms with Crippen LogP contribution < -0.4 is 11.9 Å². The fourth-order valence-corrected chi connectivity index (χ4v) is 0.787. The summed E-state index contributed by atoms with van der Waals surface area (Å²) in [4.78, 5) is 11.0. The summed E-state index contributed by atoms with van der Waals surface area (Å²) in [6.07, 6.45) is 1.60. The third-order valence-corrected chi connectivity index (χ3v) is 2.25. The maximum absolute atomic E-state index is 11.0. The van der Waals surface area contributed by atoms with Crippen molar-refractivity contribution < 1.29 is 9.53 Å². The Labute approximate surface area is 86.1 Å². The molecule has 0 spiro atoms. The molecule has 0 aliphatic carbocycles. The Bertz CT molecular complexity index is 198. The van der Waals surface area contributed by atoms with Crippen molar-refractivity contribution in [2.45, 2.75) is 39.2 Å². The molecule has 0 radical (unpaired) electrons. The Hall–Kier alpha value is -0.870. The highest BCUT2D eigenvalue weighted by molar-refractivity contribution is 5.86. The zero-order valence-corrected chi connectivity index (χ0v) is 9.43. The van der Waals surface area contributed by atoms with E-state index in [1.807, 2.05) is 13.8 Å². The normalized spacial score (nSPS) is 10.3. The molecule has 84 valence electrons. The summed E-state index contributed by atoms with van der Waals surface area (Å²) in [5, 5.41) is 0. The predicted molar refractivity (Wildman–Crippen MR) is 58.3 cm³/mol. The highest BCUT2D eigenvalue weighted by atomic mass is 16.5. The van der Waals surface area contributed by atoms with Gasteiger partial charge in [0, 0.05) is 11.1 Å². The highest BCUT2D eigenvalue weighted by Gasteiger charge is 2.22. The number of hydrogen-bond acceptors (Lipinski definition) is 4. The number of carbonyl (C=O) groups excluding carboxylic acids is 1. The number of rotatable bonds is 5. The molecule has 0 atom stereocenters. The van der Waals surface area contributed by atoms with E-state index in [2.05, 4.69) is 6.58 Å². The minimum absolute atomic E-state index is 0. The van der Waals surface area contributed by atoms with Crippen LogP contribution >= 0.6 is 0 Å². The van der Waals surface area contributed by atoms with Gasteiger partial charge in [-0.15, -0.1) is 0 Å². The lowest BCUT2D eigenvalue weighted by atomic mass is 9.96. The van der Waals surface area contributed by atoms with Crippen LogP contribution in [0.5, 0.6) is 0 Å². The first-order valence-electron chi connectivity index (χ1n) is 4.56. The van der Waals surface area contributed by atoms with E-state index in [1.54, 1.807) is 6.92 Å². The molecule has 0 aromatic carbocycles. The molecule has 4 heteroatoms. The van der Waals surface area contributed by atoms with Crippen LogP contribution in [-0.2, 0) is 9.53 Å². The van der Waals surface area contributed by atoms with Crippen LogP contribution in [0.2, 0.25) is 0 Å². The Kier molecular flexibility index (Phi) is 7.31. The molecule has 0 fully saturated rings. The van der Waals surface area contributed by atoms with Crippen molar-refractivity contribution in [3.05, 3.63) is 12.2 Å². The van der Waals surface area contributed by atoms with Crippen molar-refractivity contribution in [3.8, 4) is 0 Å². The molecule has 14 heavy (non-hydrogen) atoms. The van der Waals surface area contributed by atoms with Crippen LogP contribution in [-0.4, -0.2) is 18.1 Å². The van der Waals surface area contributed by atoms with Crippen LogP contribution in [0.1, 0.15) is 33.6 Å². The first-order chi connectivity index (χ1) is 5.95. The van der Waals surface area contributed by atoms with E-state index in [1.165, 1.54) is 0 Å². The SMILES string of the molecule is C=C(C)C(=O)OCC(N)(CC)CC.N. The van der Waals surface area contributed by atoms with Gasteiger partial charge in [0.2, 0.25) is 0 Å². The van der Waals surface area contributed by atoms with E-state index < -0.39 is 0 Å². The molecule has 0 saturated heterocycles. The third-order valence-electron chi connectivity index (χ3n) is 2.25. The summed E-state index contributed by atoms with van der Waals surface area (Å²) < 4.78 is 4.99. The van der Waals surface area contributed by atoms with Crippen LogP contribution in [0, 0.1) is 0 Å². The highest BCUT2D eigenvalue weighted by Crippen LogP contribution is 2.12. The van der Waals surface area contributed by atoms with Crippen molar-refractivity contribution in [2.24, 2.45) is 5.73 Å². The van der Waals surface area contributed by atoms with Gasteiger partial charge in [0.25, 0.3) is 0 Å². The van der Waals surface area contributed by atoms with Gasteiger partial charge in [-0.1, -0.05) is 20.4 Å². The van der Waals surface area contributed by atoms with Gasteiger partial charge in [-0.2, -0.15) is 0 Å². The largest absolute Gasteiger partial charge is 0.460 e. The average Bonchev–Trinajstić information content (AvgIpc) is 2.13. The first kappa shape index (κ1) is 15.6. The molecule has 5 N–H and O–H groups in total. The van der Waals surface area contributed by atoms with Crippen molar-refractivity contribution in [3.63, 3.8) is 0 Å². The summed E-state index contributed by atoms with van der Waals surface area (Å²) in [6.45, 7) is 9.35. The Morgan fingerprint density at radius 1 is 1.43 bits per heavy atom. The lowest BCUT2D eigenvalue weighted by Gasteiger charge is -2.25. The number of ether oxygens (including phenoxy) is 1. The number of esters is 1. The van der Waals surface area contributed by atoms with E-state index in [0.717, 1.165) is 12.8 Å². The molecule has 0 aliphatic heterocycles. The van der Waals surface area contributed by atoms with Crippen LogP contribution in [0.4, 0.5) is 0 Å². The molecule has 4 nitrogen and oxygen atoms in total. The van der Waals surface area contributed by atoms with Crippen molar-refractivity contribution in [1.29, 1.82) is 0 Å². The Balaban J connectivity index is 0. The summed E-state index contributed by atoms with van der Waals surface area (Å²) in [7, 11) is 0. The summed E-state index contributed by atoms with van der Waals surface area (Å²) >= 11 is 0. The van der Waals surface area contributed by atoms with E-state index >= 15 is 0 Å². The van der Waals surface area contributed by atoms with Crippen LogP contribution in [0.3, 0.4) is 0 Å². The molecule has 0 aromatic rings. The van der Waals surface area contributed by atoms with Crippen LogP contribution in [0.15, 0.2) is 12.2 Å². The quantitative estimate of drug-likeness (QED) is 0.525. The lowest BCUT2D eigenvalue weighted by molar-refractivity contribution is -0.140. The zero-order valence-electron chi connectivity index (χ0n) is 9.43. The van der Waals surface area contributed by atoms with Gasteiger partial charge in [-0.25, -0.2) is 4.79 Å². The number of hydrogen-bond donors (Lipinski definition) is 2. The van der Waals surface area contributed by atoms with E-state index in [0.29, 0.717) is 5.57 Å². The third kappa shape index (κ3) is 4.99. The summed E-state index contributed by atoms with van der Waals surface area (Å²) in [5.41, 5.74) is 5.97. The molecule has 0 bridgehead atoms. The molecular formula is C10H22N2O2. The molecule has 0 aliphatic rings. The van der Waals surface area contributed by atoms with Gasteiger partial charge in [0.15, 0.2) is 0 Å². The van der Waals surface area contributed by atoms with Gasteiger partial charge >= 0.3 is 5.97 Å².